The van der Waals surface area contributed by atoms with E-state index in [9.17, 15) is 32.9 Å². The molecule has 0 saturated carbocycles. The molecule has 1 aliphatic rings. The molecule has 2 atom stereocenters. The van der Waals surface area contributed by atoms with Gasteiger partial charge < -0.3 is 23.8 Å². The Kier molecular flexibility index (Phi) is 7.55. The third-order valence-corrected chi connectivity index (χ3v) is 3.93. The van der Waals surface area contributed by atoms with Crippen LogP contribution in [0.5, 0.6) is 5.75 Å². The second kappa shape index (κ2) is 9.73. The third-order valence-electron chi connectivity index (χ3n) is 3.71. The summed E-state index contributed by atoms with van der Waals surface area (Å²) in [6, 6.07) is 2.72. The number of hydrogen-bond donors (Lipinski definition) is 0. The van der Waals surface area contributed by atoms with Crippen molar-refractivity contribution in [3.8, 4) is 5.75 Å². The Morgan fingerprint density at radius 2 is 2.00 bits per heavy atom. The minimum Gasteiger partial charge on any atom is -0.475 e. The quantitative estimate of drug-likeness (QED) is 0.255. The van der Waals surface area contributed by atoms with E-state index >= 15 is 0 Å². The molecule has 0 spiro atoms. The predicted molar refractivity (Wildman–Crippen MR) is 95.6 cm³/mol. The predicted octanol–water partition coefficient (Wildman–Crippen LogP) is 3.61. The van der Waals surface area contributed by atoms with Crippen molar-refractivity contribution in [1.82, 2.24) is 0 Å². The van der Waals surface area contributed by atoms with Crippen molar-refractivity contribution in [3.63, 3.8) is 0 Å². The van der Waals surface area contributed by atoms with E-state index < -0.39 is 54.6 Å². The van der Waals surface area contributed by atoms with Crippen molar-refractivity contribution in [2.24, 2.45) is 0 Å². The summed E-state index contributed by atoms with van der Waals surface area (Å²) in [7, 11) is 0. The van der Waals surface area contributed by atoms with Crippen LogP contribution in [0.4, 0.5) is 18.0 Å². The molecule has 0 amide bonds. The minimum atomic E-state index is -4.94. The SMILES string of the molecule is Cc1cc(Cl)cc2c1OC(C(F)(F)F)C(C(=O)OCOC(=O)O[C@@H](C)CO[N+](=O)[O-])=C2. The van der Waals surface area contributed by atoms with Crippen LogP contribution in [0.2, 0.25) is 5.02 Å². The summed E-state index contributed by atoms with van der Waals surface area (Å²) in [4.78, 5) is 37.6. The number of hydrogen-bond acceptors (Lipinski definition) is 9. The molecule has 0 bridgehead atoms. The van der Waals surface area contributed by atoms with Crippen LogP contribution in [0.1, 0.15) is 18.1 Å². The number of fused-ring (bicyclic) bond motifs is 1. The van der Waals surface area contributed by atoms with E-state index in [-0.39, 0.29) is 16.3 Å². The van der Waals surface area contributed by atoms with E-state index in [1.54, 1.807) is 0 Å². The molecule has 1 aromatic rings. The average Bonchev–Trinajstić information content (AvgIpc) is 2.64. The second-order valence-corrected chi connectivity index (χ2v) is 6.61. The highest BCUT2D eigenvalue weighted by molar-refractivity contribution is 6.30. The maximum Gasteiger partial charge on any atom is 0.511 e. The topological polar surface area (TPSA) is 123 Å². The van der Waals surface area contributed by atoms with Crippen molar-refractivity contribution < 1.29 is 51.6 Å². The lowest BCUT2D eigenvalue weighted by Gasteiger charge is -2.28. The third kappa shape index (κ3) is 6.64. The number of carbonyl (C=O) groups is 2. The Bertz CT molecular complexity index is 904. The summed E-state index contributed by atoms with van der Waals surface area (Å²) in [6.07, 6.45) is -9.10. The van der Waals surface area contributed by atoms with Gasteiger partial charge in [-0.2, -0.15) is 13.2 Å². The van der Waals surface area contributed by atoms with Gasteiger partial charge in [0.1, 0.15) is 18.5 Å². The van der Waals surface area contributed by atoms with Crippen LogP contribution >= 0.6 is 11.6 Å². The van der Waals surface area contributed by atoms with Crippen molar-refractivity contribution in [2.75, 3.05) is 13.4 Å². The normalized spacial score (nSPS) is 16.2. The highest BCUT2D eigenvalue weighted by Gasteiger charge is 2.49. The standard InChI is InChI=1S/C17H15ClF3NO9/c1-8-3-11(18)4-10-5-12(14(17(19,20)21)31-13(8)10)15(23)27-7-28-16(24)30-9(2)6-29-22(25)26/h3-5,9,14H,6-7H2,1-2H3/t9-,14?/m0/s1. The van der Waals surface area contributed by atoms with E-state index in [4.69, 9.17) is 16.3 Å². The van der Waals surface area contributed by atoms with Gasteiger partial charge in [0.2, 0.25) is 12.9 Å². The van der Waals surface area contributed by atoms with Gasteiger partial charge in [-0.05, 0) is 37.6 Å². The molecule has 0 fully saturated rings. The summed E-state index contributed by atoms with van der Waals surface area (Å²) in [6.45, 7) is 1.08. The lowest BCUT2D eigenvalue weighted by Crippen LogP contribution is -2.41. The summed E-state index contributed by atoms with van der Waals surface area (Å²) in [5.74, 6) is -1.54. The lowest BCUT2D eigenvalue weighted by atomic mass is 9.99. The summed E-state index contributed by atoms with van der Waals surface area (Å²) in [5, 5.41) is 9.17. The maximum absolute atomic E-state index is 13.4. The molecule has 0 radical (unpaired) electrons. The monoisotopic (exact) mass is 469 g/mol. The molecule has 170 valence electrons. The van der Waals surface area contributed by atoms with Crippen LogP contribution in [0, 0.1) is 17.0 Å². The van der Waals surface area contributed by atoms with Crippen LogP contribution in [0.25, 0.3) is 6.08 Å². The largest absolute Gasteiger partial charge is 0.511 e. The Hall–Kier alpha value is -3.22. The zero-order chi connectivity index (χ0) is 23.3. The first-order chi connectivity index (χ1) is 14.4. The van der Waals surface area contributed by atoms with E-state index in [1.165, 1.54) is 26.0 Å². The van der Waals surface area contributed by atoms with Crippen molar-refractivity contribution >= 4 is 29.8 Å². The molecule has 2 rings (SSSR count). The van der Waals surface area contributed by atoms with Gasteiger partial charge in [0, 0.05) is 10.6 Å². The highest BCUT2D eigenvalue weighted by Crippen LogP contribution is 2.40. The van der Waals surface area contributed by atoms with E-state index in [2.05, 4.69) is 19.0 Å². The summed E-state index contributed by atoms with van der Waals surface area (Å²) < 4.78 is 58.8. The fraction of sp³-hybridized carbons (Fsp3) is 0.412. The van der Waals surface area contributed by atoms with Gasteiger partial charge >= 0.3 is 18.3 Å². The number of ether oxygens (including phenoxy) is 4. The number of halogens is 4. The van der Waals surface area contributed by atoms with Crippen molar-refractivity contribution in [2.45, 2.75) is 32.2 Å². The van der Waals surface area contributed by atoms with Gasteiger partial charge in [-0.25, -0.2) is 9.59 Å². The van der Waals surface area contributed by atoms with Crippen LogP contribution in [0.3, 0.4) is 0 Å². The molecule has 0 N–H and O–H groups in total. The van der Waals surface area contributed by atoms with E-state index in [1.807, 2.05) is 0 Å². The molecule has 1 unspecified atom stereocenters. The number of carbonyl (C=O) groups excluding carboxylic acids is 2. The highest BCUT2D eigenvalue weighted by atomic mass is 35.5. The van der Waals surface area contributed by atoms with Gasteiger partial charge in [0.05, 0.1) is 5.57 Å². The second-order valence-electron chi connectivity index (χ2n) is 6.17. The number of nitrogens with zero attached hydrogens (tertiary/aromatic N) is 1. The molecule has 14 heteroatoms. The van der Waals surface area contributed by atoms with Crippen molar-refractivity contribution in [3.05, 3.63) is 44.0 Å². The van der Waals surface area contributed by atoms with Gasteiger partial charge in [0.15, 0.2) is 0 Å². The first kappa shape index (κ1) is 24.1. The number of rotatable bonds is 7. The summed E-state index contributed by atoms with van der Waals surface area (Å²) in [5.41, 5.74) is -0.412. The maximum atomic E-state index is 13.4. The zero-order valence-corrected chi connectivity index (χ0v) is 16.7. The fourth-order valence-electron chi connectivity index (χ4n) is 2.47. The Morgan fingerprint density at radius 1 is 1.32 bits per heavy atom. The van der Waals surface area contributed by atoms with Gasteiger partial charge in [-0.3, -0.25) is 0 Å². The number of aryl methyl sites for hydroxylation is 1. The molecule has 0 aliphatic carbocycles. The first-order valence-corrected chi connectivity index (χ1v) is 8.79. The first-order valence-electron chi connectivity index (χ1n) is 8.41. The van der Waals surface area contributed by atoms with Crippen LogP contribution in [-0.4, -0.2) is 49.0 Å². The smallest absolute Gasteiger partial charge is 0.475 e. The molecular weight excluding hydrogens is 455 g/mol. The van der Waals surface area contributed by atoms with E-state index in [0.717, 1.165) is 6.08 Å². The molecule has 1 heterocycles. The molecule has 10 nitrogen and oxygen atoms in total. The minimum absolute atomic E-state index is 0.0889. The molecular formula is C17H15ClF3NO9. The van der Waals surface area contributed by atoms with E-state index in [0.29, 0.717) is 5.56 Å². The lowest BCUT2D eigenvalue weighted by molar-refractivity contribution is -0.759. The molecule has 31 heavy (non-hydrogen) atoms. The molecule has 0 aromatic heterocycles. The van der Waals surface area contributed by atoms with Crippen LogP contribution < -0.4 is 4.74 Å². The van der Waals surface area contributed by atoms with Gasteiger partial charge in [0.25, 0.3) is 5.09 Å². The van der Waals surface area contributed by atoms with Crippen LogP contribution in [-0.2, 0) is 23.8 Å². The Balaban J connectivity index is 2.04. The zero-order valence-electron chi connectivity index (χ0n) is 15.9. The van der Waals surface area contributed by atoms with Crippen molar-refractivity contribution in [1.29, 1.82) is 0 Å². The Morgan fingerprint density at radius 3 is 2.61 bits per heavy atom. The van der Waals surface area contributed by atoms with Gasteiger partial charge in [-0.1, -0.05) is 11.6 Å². The number of esters is 1. The summed E-state index contributed by atoms with van der Waals surface area (Å²) >= 11 is 5.89. The Labute approximate surface area is 177 Å². The van der Waals surface area contributed by atoms with Crippen LogP contribution in [0.15, 0.2) is 17.7 Å². The molecule has 1 aliphatic heterocycles. The average molecular weight is 470 g/mol. The molecule has 0 saturated heterocycles. The number of benzene rings is 1. The molecule has 1 aromatic carbocycles. The van der Waals surface area contributed by atoms with Gasteiger partial charge in [-0.15, -0.1) is 10.1 Å². The fourth-order valence-corrected chi connectivity index (χ4v) is 2.75. The number of alkyl halides is 3.